The highest BCUT2D eigenvalue weighted by molar-refractivity contribution is 7.99. The number of hydrogen-bond donors (Lipinski definition) is 2. The first kappa shape index (κ1) is 8.87. The molecule has 1 aliphatic heterocycles. The van der Waals surface area contributed by atoms with Crippen LogP contribution in [0.25, 0.3) is 0 Å². The Labute approximate surface area is 71.3 Å². The van der Waals surface area contributed by atoms with Crippen LogP contribution in [0.1, 0.15) is 6.92 Å². The van der Waals surface area contributed by atoms with Gasteiger partial charge in [0.25, 0.3) is 0 Å². The zero-order chi connectivity index (χ0) is 8.10. The van der Waals surface area contributed by atoms with E-state index in [4.69, 9.17) is 0 Å². The molecule has 0 radical (unpaired) electrons. The molecule has 0 spiro atoms. The van der Waals surface area contributed by atoms with Crippen LogP contribution in [-0.4, -0.2) is 36.5 Å². The van der Waals surface area contributed by atoms with Crippen LogP contribution in [0.2, 0.25) is 0 Å². The van der Waals surface area contributed by atoms with Crippen LogP contribution in [-0.2, 0) is 4.79 Å². The number of thioether (sulfide) groups is 1. The first-order chi connectivity index (χ1) is 5.29. The van der Waals surface area contributed by atoms with Crippen LogP contribution in [0.3, 0.4) is 0 Å². The summed E-state index contributed by atoms with van der Waals surface area (Å²) in [5.74, 6) is 2.36. The molecule has 1 unspecified atom stereocenters. The van der Waals surface area contributed by atoms with Crippen LogP contribution < -0.4 is 10.6 Å². The maximum absolute atomic E-state index is 10.5. The van der Waals surface area contributed by atoms with Crippen molar-refractivity contribution in [1.29, 1.82) is 0 Å². The predicted molar refractivity (Wildman–Crippen MR) is 47.8 cm³/mol. The third kappa shape index (κ3) is 3.62. The Morgan fingerprint density at radius 3 is 3.18 bits per heavy atom. The van der Waals surface area contributed by atoms with E-state index in [-0.39, 0.29) is 5.91 Å². The van der Waals surface area contributed by atoms with Crippen molar-refractivity contribution >= 4 is 17.7 Å². The average molecular weight is 174 g/mol. The van der Waals surface area contributed by atoms with Gasteiger partial charge in [-0.2, -0.15) is 11.8 Å². The molecule has 0 saturated carbocycles. The summed E-state index contributed by atoms with van der Waals surface area (Å²) < 4.78 is 0. The van der Waals surface area contributed by atoms with Crippen molar-refractivity contribution in [2.24, 2.45) is 0 Å². The second kappa shape index (κ2) is 4.62. The van der Waals surface area contributed by atoms with Crippen LogP contribution >= 0.6 is 11.8 Å². The molecule has 2 N–H and O–H groups in total. The largest absolute Gasteiger partial charge is 0.355 e. The molecule has 1 heterocycles. The monoisotopic (exact) mass is 174 g/mol. The number of hydrogen-bond acceptors (Lipinski definition) is 3. The number of amides is 1. The van der Waals surface area contributed by atoms with Crippen LogP contribution in [0.15, 0.2) is 0 Å². The van der Waals surface area contributed by atoms with Gasteiger partial charge in [-0.05, 0) is 0 Å². The molecule has 64 valence electrons. The van der Waals surface area contributed by atoms with Crippen molar-refractivity contribution < 1.29 is 4.79 Å². The van der Waals surface area contributed by atoms with Gasteiger partial charge in [-0.3, -0.25) is 4.79 Å². The molecule has 1 saturated heterocycles. The quantitative estimate of drug-likeness (QED) is 0.610. The molecule has 0 aliphatic carbocycles. The Morgan fingerprint density at radius 2 is 2.64 bits per heavy atom. The first-order valence-electron chi connectivity index (χ1n) is 3.84. The van der Waals surface area contributed by atoms with Gasteiger partial charge < -0.3 is 10.6 Å². The van der Waals surface area contributed by atoms with Crippen molar-refractivity contribution in [3.05, 3.63) is 0 Å². The van der Waals surface area contributed by atoms with Gasteiger partial charge in [-0.15, -0.1) is 0 Å². The zero-order valence-corrected chi connectivity index (χ0v) is 7.54. The molecule has 1 fully saturated rings. The topological polar surface area (TPSA) is 41.1 Å². The zero-order valence-electron chi connectivity index (χ0n) is 6.72. The second-order valence-electron chi connectivity index (χ2n) is 2.66. The highest BCUT2D eigenvalue weighted by atomic mass is 32.2. The van der Waals surface area contributed by atoms with E-state index in [1.54, 1.807) is 6.92 Å². The number of carbonyl (C=O) groups is 1. The minimum Gasteiger partial charge on any atom is -0.355 e. The smallest absolute Gasteiger partial charge is 0.216 e. The standard InChI is InChI=1S/C7H14N2OS/c1-6(10)9-4-7-5-11-3-2-8-7/h7-8H,2-5H2,1H3,(H,9,10). The summed E-state index contributed by atoms with van der Waals surface area (Å²) in [4.78, 5) is 10.5. The first-order valence-corrected chi connectivity index (χ1v) is 5.00. The van der Waals surface area contributed by atoms with Crippen molar-refractivity contribution in [3.8, 4) is 0 Å². The van der Waals surface area contributed by atoms with Gasteiger partial charge in [0.2, 0.25) is 5.91 Å². The number of carbonyl (C=O) groups excluding carboxylic acids is 1. The summed E-state index contributed by atoms with van der Waals surface area (Å²) in [6.07, 6.45) is 0. The molecule has 1 aliphatic rings. The fourth-order valence-electron chi connectivity index (χ4n) is 1.02. The van der Waals surface area contributed by atoms with E-state index in [9.17, 15) is 4.79 Å². The van der Waals surface area contributed by atoms with Gasteiger partial charge in [-0.25, -0.2) is 0 Å². The van der Waals surface area contributed by atoms with Crippen LogP contribution in [0.4, 0.5) is 0 Å². The van der Waals surface area contributed by atoms with Crippen molar-refractivity contribution in [2.75, 3.05) is 24.6 Å². The van der Waals surface area contributed by atoms with Crippen LogP contribution in [0, 0.1) is 0 Å². The van der Waals surface area contributed by atoms with Gasteiger partial charge in [0.1, 0.15) is 0 Å². The van der Waals surface area contributed by atoms with Crippen molar-refractivity contribution in [3.63, 3.8) is 0 Å². The average Bonchev–Trinajstić information content (AvgIpc) is 2.03. The third-order valence-corrected chi connectivity index (χ3v) is 2.73. The Balaban J connectivity index is 2.09. The minimum atomic E-state index is 0.0578. The summed E-state index contributed by atoms with van der Waals surface area (Å²) in [7, 11) is 0. The lowest BCUT2D eigenvalue weighted by molar-refractivity contribution is -0.119. The maximum atomic E-state index is 10.5. The van der Waals surface area contributed by atoms with Crippen LogP contribution in [0.5, 0.6) is 0 Å². The SMILES string of the molecule is CC(=O)NCC1CSCCN1. The summed E-state index contributed by atoms with van der Waals surface area (Å²) >= 11 is 1.94. The molecule has 1 atom stereocenters. The van der Waals surface area contributed by atoms with Crippen molar-refractivity contribution in [1.82, 2.24) is 10.6 Å². The fraction of sp³-hybridized carbons (Fsp3) is 0.857. The molecule has 0 bridgehead atoms. The van der Waals surface area contributed by atoms with Gasteiger partial charge in [-0.1, -0.05) is 0 Å². The van der Waals surface area contributed by atoms with Gasteiger partial charge in [0, 0.05) is 37.6 Å². The lowest BCUT2D eigenvalue weighted by atomic mass is 10.3. The lowest BCUT2D eigenvalue weighted by Gasteiger charge is -2.22. The highest BCUT2D eigenvalue weighted by Gasteiger charge is 2.11. The maximum Gasteiger partial charge on any atom is 0.216 e. The summed E-state index contributed by atoms with van der Waals surface area (Å²) in [6, 6.07) is 0.470. The number of nitrogens with one attached hydrogen (secondary N) is 2. The van der Waals surface area contributed by atoms with Crippen molar-refractivity contribution in [2.45, 2.75) is 13.0 Å². The Kier molecular flexibility index (Phi) is 3.72. The van der Waals surface area contributed by atoms with E-state index >= 15 is 0 Å². The molecule has 0 aromatic heterocycles. The molecular weight excluding hydrogens is 160 g/mol. The van der Waals surface area contributed by atoms with E-state index in [1.165, 1.54) is 5.75 Å². The lowest BCUT2D eigenvalue weighted by Crippen LogP contribution is -2.45. The third-order valence-electron chi connectivity index (χ3n) is 1.60. The summed E-state index contributed by atoms with van der Waals surface area (Å²) in [6.45, 7) is 3.38. The number of rotatable bonds is 2. The second-order valence-corrected chi connectivity index (χ2v) is 3.81. The normalized spacial score (nSPS) is 24.6. The minimum absolute atomic E-state index is 0.0578. The molecule has 1 amide bonds. The van der Waals surface area contributed by atoms with Gasteiger partial charge in [0.05, 0.1) is 0 Å². The molecule has 3 nitrogen and oxygen atoms in total. The predicted octanol–water partition coefficient (Wildman–Crippen LogP) is -0.173. The van der Waals surface area contributed by atoms with E-state index in [2.05, 4.69) is 10.6 Å². The Bertz CT molecular complexity index is 134. The molecule has 0 aromatic carbocycles. The van der Waals surface area contributed by atoms with E-state index in [1.807, 2.05) is 11.8 Å². The molecule has 11 heavy (non-hydrogen) atoms. The fourth-order valence-corrected chi connectivity index (χ4v) is 1.97. The Morgan fingerprint density at radius 1 is 1.82 bits per heavy atom. The molecule has 0 aromatic rings. The molecule has 1 rings (SSSR count). The highest BCUT2D eigenvalue weighted by Crippen LogP contribution is 2.06. The van der Waals surface area contributed by atoms with Gasteiger partial charge >= 0.3 is 0 Å². The Hall–Kier alpha value is -0.220. The summed E-state index contributed by atoms with van der Waals surface area (Å²) in [5, 5.41) is 6.14. The van der Waals surface area contributed by atoms with Gasteiger partial charge in [0.15, 0.2) is 0 Å². The molecular formula is C7H14N2OS. The molecule has 4 heteroatoms. The van der Waals surface area contributed by atoms with E-state index < -0.39 is 0 Å². The summed E-state index contributed by atoms with van der Waals surface area (Å²) in [5.41, 5.74) is 0. The van der Waals surface area contributed by atoms with E-state index in [0.717, 1.165) is 18.8 Å². The van der Waals surface area contributed by atoms with E-state index in [0.29, 0.717) is 6.04 Å².